The van der Waals surface area contributed by atoms with Gasteiger partial charge in [0.15, 0.2) is 0 Å². The van der Waals surface area contributed by atoms with Crippen LogP contribution >= 0.6 is 11.8 Å². The van der Waals surface area contributed by atoms with Crippen LogP contribution in [0.15, 0.2) is 47.6 Å². The minimum Gasteiger partial charge on any atom is -0.309 e. The van der Waals surface area contributed by atoms with Crippen LogP contribution in [0.3, 0.4) is 0 Å². The normalized spacial score (nSPS) is 19.2. The molecule has 0 saturated heterocycles. The highest BCUT2D eigenvalue weighted by Crippen LogP contribution is 2.33. The van der Waals surface area contributed by atoms with Crippen molar-refractivity contribution in [1.82, 2.24) is 4.57 Å². The standard InChI is InChI=1S/C13H14N2OS/c1-10-9-17-13-7-4-8-14(13)11-5-2-3-6-12(11)15(10)16/h2-8,10,16H,9H2,1H3. The molecule has 2 aromatic rings. The molecule has 1 unspecified atom stereocenters. The second kappa shape index (κ2) is 4.13. The molecule has 0 amide bonds. The van der Waals surface area contributed by atoms with Gasteiger partial charge in [-0.25, -0.2) is 0 Å². The van der Waals surface area contributed by atoms with E-state index in [0.29, 0.717) is 0 Å². The number of hydrogen-bond donors (Lipinski definition) is 1. The van der Waals surface area contributed by atoms with Crippen molar-refractivity contribution in [1.29, 1.82) is 0 Å². The number of fused-ring (bicyclic) bond motifs is 3. The van der Waals surface area contributed by atoms with E-state index in [4.69, 9.17) is 0 Å². The summed E-state index contributed by atoms with van der Waals surface area (Å²) in [5.74, 6) is 0.870. The Hall–Kier alpha value is -1.39. The van der Waals surface area contributed by atoms with Crippen LogP contribution in [0.4, 0.5) is 5.69 Å². The van der Waals surface area contributed by atoms with Crippen LogP contribution in [0, 0.1) is 0 Å². The van der Waals surface area contributed by atoms with E-state index < -0.39 is 0 Å². The van der Waals surface area contributed by atoms with Crippen molar-refractivity contribution in [2.45, 2.75) is 18.0 Å². The Kier molecular flexibility index (Phi) is 2.61. The Balaban J connectivity index is 2.22. The fourth-order valence-electron chi connectivity index (χ4n) is 2.06. The molecule has 1 aliphatic rings. The van der Waals surface area contributed by atoms with Crippen molar-refractivity contribution in [2.24, 2.45) is 0 Å². The number of aromatic nitrogens is 1. The lowest BCUT2D eigenvalue weighted by atomic mass is 10.2. The van der Waals surface area contributed by atoms with E-state index in [-0.39, 0.29) is 6.04 Å². The molecule has 3 nitrogen and oxygen atoms in total. The van der Waals surface area contributed by atoms with Gasteiger partial charge in [0.1, 0.15) is 0 Å². The van der Waals surface area contributed by atoms with E-state index in [1.54, 1.807) is 11.8 Å². The third-order valence-corrected chi connectivity index (χ3v) is 4.27. The van der Waals surface area contributed by atoms with E-state index in [0.717, 1.165) is 17.1 Å². The van der Waals surface area contributed by atoms with Gasteiger partial charge in [0, 0.05) is 11.9 Å². The van der Waals surface area contributed by atoms with Crippen molar-refractivity contribution in [3.63, 3.8) is 0 Å². The molecule has 1 aromatic carbocycles. The molecule has 4 heteroatoms. The highest BCUT2D eigenvalue weighted by molar-refractivity contribution is 7.99. The van der Waals surface area contributed by atoms with Gasteiger partial charge in [-0.2, -0.15) is 0 Å². The Morgan fingerprint density at radius 2 is 1.94 bits per heavy atom. The monoisotopic (exact) mass is 246 g/mol. The number of para-hydroxylation sites is 2. The summed E-state index contributed by atoms with van der Waals surface area (Å²) in [7, 11) is 0. The molecule has 1 aromatic heterocycles. The summed E-state index contributed by atoms with van der Waals surface area (Å²) in [4.78, 5) is 0. The molecule has 0 fully saturated rings. The van der Waals surface area contributed by atoms with E-state index >= 15 is 0 Å². The third kappa shape index (κ3) is 1.73. The SMILES string of the molecule is CC1CSc2cccn2-c2ccccc2N1O. The number of hydroxylamine groups is 1. The van der Waals surface area contributed by atoms with Crippen LogP contribution < -0.4 is 5.06 Å². The molecule has 1 N–H and O–H groups in total. The summed E-state index contributed by atoms with van der Waals surface area (Å²) < 4.78 is 2.12. The molecule has 0 bridgehead atoms. The van der Waals surface area contributed by atoms with Gasteiger partial charge < -0.3 is 4.57 Å². The van der Waals surface area contributed by atoms with Crippen LogP contribution in [0.5, 0.6) is 0 Å². The largest absolute Gasteiger partial charge is 0.309 e. The fraction of sp³-hybridized carbons (Fsp3) is 0.231. The smallest absolute Gasteiger partial charge is 0.0878 e. The second-order valence-corrected chi connectivity index (χ2v) is 5.25. The number of anilines is 1. The zero-order chi connectivity index (χ0) is 11.8. The van der Waals surface area contributed by atoms with Crippen LogP contribution in [0.1, 0.15) is 6.92 Å². The Bertz CT molecular complexity index is 538. The quantitative estimate of drug-likeness (QED) is 0.774. The Labute approximate surface area is 105 Å². The summed E-state index contributed by atoms with van der Waals surface area (Å²) >= 11 is 1.77. The maximum Gasteiger partial charge on any atom is 0.0878 e. The zero-order valence-electron chi connectivity index (χ0n) is 9.58. The molecule has 0 spiro atoms. The summed E-state index contributed by atoms with van der Waals surface area (Å²) in [6.07, 6.45) is 2.03. The third-order valence-electron chi connectivity index (χ3n) is 2.99. The molecule has 1 atom stereocenters. The van der Waals surface area contributed by atoms with E-state index in [2.05, 4.69) is 10.6 Å². The van der Waals surface area contributed by atoms with Crippen molar-refractivity contribution < 1.29 is 5.21 Å². The summed E-state index contributed by atoms with van der Waals surface area (Å²) in [6, 6.07) is 12.2. The average molecular weight is 246 g/mol. The molecule has 88 valence electrons. The predicted octanol–water partition coefficient (Wildman–Crippen LogP) is 3.17. The van der Waals surface area contributed by atoms with Gasteiger partial charge >= 0.3 is 0 Å². The zero-order valence-corrected chi connectivity index (χ0v) is 10.4. The van der Waals surface area contributed by atoms with Gasteiger partial charge in [-0.05, 0) is 31.2 Å². The first-order valence-corrected chi connectivity index (χ1v) is 6.63. The number of hydrogen-bond acceptors (Lipinski definition) is 3. The average Bonchev–Trinajstić information content (AvgIpc) is 2.81. The van der Waals surface area contributed by atoms with Gasteiger partial charge in [0.05, 0.1) is 22.4 Å². The van der Waals surface area contributed by atoms with Gasteiger partial charge in [-0.3, -0.25) is 10.3 Å². The van der Waals surface area contributed by atoms with E-state index in [9.17, 15) is 5.21 Å². The molecular weight excluding hydrogens is 232 g/mol. The second-order valence-electron chi connectivity index (χ2n) is 4.21. The first-order valence-electron chi connectivity index (χ1n) is 5.65. The van der Waals surface area contributed by atoms with Crippen LogP contribution in [-0.2, 0) is 0 Å². The molecule has 3 rings (SSSR count). The summed E-state index contributed by atoms with van der Waals surface area (Å²) in [5, 5.41) is 12.8. The number of benzene rings is 1. The topological polar surface area (TPSA) is 28.4 Å². The lowest BCUT2D eigenvalue weighted by Gasteiger charge is -2.29. The molecule has 17 heavy (non-hydrogen) atoms. The van der Waals surface area contributed by atoms with Crippen molar-refractivity contribution in [2.75, 3.05) is 10.8 Å². The number of nitrogens with zero attached hydrogens (tertiary/aromatic N) is 2. The van der Waals surface area contributed by atoms with Crippen LogP contribution in [0.25, 0.3) is 5.69 Å². The van der Waals surface area contributed by atoms with Crippen LogP contribution in [0.2, 0.25) is 0 Å². The maximum atomic E-state index is 10.2. The first kappa shape index (κ1) is 10.7. The fourth-order valence-corrected chi connectivity index (χ4v) is 3.08. The minimum absolute atomic E-state index is 0.102. The lowest BCUT2D eigenvalue weighted by molar-refractivity contribution is 0.230. The molecule has 0 radical (unpaired) electrons. The Morgan fingerprint density at radius 3 is 2.76 bits per heavy atom. The highest BCUT2D eigenvalue weighted by atomic mass is 32.2. The van der Waals surface area contributed by atoms with Gasteiger partial charge in [0.25, 0.3) is 0 Å². The van der Waals surface area contributed by atoms with E-state index in [1.165, 1.54) is 10.1 Å². The lowest BCUT2D eigenvalue weighted by Crippen LogP contribution is -2.33. The minimum atomic E-state index is 0.102. The van der Waals surface area contributed by atoms with Gasteiger partial charge in [0.2, 0.25) is 0 Å². The van der Waals surface area contributed by atoms with Gasteiger partial charge in [-0.15, -0.1) is 11.8 Å². The summed E-state index contributed by atoms with van der Waals surface area (Å²) in [5.41, 5.74) is 1.88. The summed E-state index contributed by atoms with van der Waals surface area (Å²) in [6.45, 7) is 2.03. The maximum absolute atomic E-state index is 10.2. The molecular formula is C13H14N2OS. The molecule has 0 aliphatic carbocycles. The first-order chi connectivity index (χ1) is 8.27. The molecule has 0 saturated carbocycles. The van der Waals surface area contributed by atoms with Crippen molar-refractivity contribution in [3.05, 3.63) is 42.6 Å². The van der Waals surface area contributed by atoms with Gasteiger partial charge in [-0.1, -0.05) is 12.1 Å². The number of thioether (sulfide) groups is 1. The van der Waals surface area contributed by atoms with E-state index in [1.807, 2.05) is 43.5 Å². The number of rotatable bonds is 0. The molecule has 2 heterocycles. The van der Waals surface area contributed by atoms with Crippen molar-refractivity contribution >= 4 is 17.4 Å². The molecule has 1 aliphatic heterocycles. The van der Waals surface area contributed by atoms with Crippen LogP contribution in [-0.4, -0.2) is 21.6 Å². The highest BCUT2D eigenvalue weighted by Gasteiger charge is 2.21. The predicted molar refractivity (Wildman–Crippen MR) is 70.2 cm³/mol. The Morgan fingerprint density at radius 1 is 1.18 bits per heavy atom. The van der Waals surface area contributed by atoms with Crippen molar-refractivity contribution in [3.8, 4) is 5.69 Å².